The maximum absolute atomic E-state index is 12.7. The summed E-state index contributed by atoms with van der Waals surface area (Å²) in [4.78, 5) is 37.2. The van der Waals surface area contributed by atoms with Crippen LogP contribution in [0.5, 0.6) is 0 Å². The summed E-state index contributed by atoms with van der Waals surface area (Å²) >= 11 is 1.50. The smallest absolute Gasteiger partial charge is 0.273 e. The van der Waals surface area contributed by atoms with Gasteiger partial charge in [-0.25, -0.2) is 9.97 Å². The molecule has 0 unspecified atom stereocenters. The molecule has 26 heavy (non-hydrogen) atoms. The van der Waals surface area contributed by atoms with E-state index in [2.05, 4.69) is 15.1 Å². The molecule has 0 spiro atoms. The van der Waals surface area contributed by atoms with E-state index in [1.54, 1.807) is 17.9 Å². The summed E-state index contributed by atoms with van der Waals surface area (Å²) in [5.41, 5.74) is 0.534. The lowest BCUT2D eigenvalue weighted by molar-refractivity contribution is -0.132. The lowest BCUT2D eigenvalue weighted by atomic mass is 9.92. The second-order valence-corrected chi connectivity index (χ2v) is 8.11. The number of nitrogens with zero attached hydrogens (tertiary/aromatic N) is 6. The van der Waals surface area contributed by atoms with Crippen LogP contribution in [0.1, 0.15) is 35.3 Å². The highest BCUT2D eigenvalue weighted by atomic mass is 32.1. The zero-order valence-electron chi connectivity index (χ0n) is 14.9. The Morgan fingerprint density at radius 1 is 1.38 bits per heavy atom. The summed E-state index contributed by atoms with van der Waals surface area (Å²) in [5.74, 6) is 0.393. The minimum absolute atomic E-state index is 0.00176. The fraction of sp³-hybridized carbons (Fsp3) is 0.588. The van der Waals surface area contributed by atoms with Crippen molar-refractivity contribution in [2.75, 3.05) is 13.1 Å². The van der Waals surface area contributed by atoms with E-state index >= 15 is 0 Å². The standard InChI is InChI=1S/C17H22N6O2S/c1-11-20-15(8-26-11)17(25)21-4-3-16-13(6-21)5-14(23(16)12(2)24)7-22-10-18-9-19-22/h8-10,13-14,16H,3-7H2,1-2H3/t13-,14+,16+/m1/s1. The predicted molar refractivity (Wildman–Crippen MR) is 95.6 cm³/mol. The summed E-state index contributed by atoms with van der Waals surface area (Å²) in [6.45, 7) is 5.52. The highest BCUT2D eigenvalue weighted by Gasteiger charge is 2.46. The van der Waals surface area contributed by atoms with Crippen molar-refractivity contribution >= 4 is 23.2 Å². The molecule has 3 atom stereocenters. The van der Waals surface area contributed by atoms with Crippen LogP contribution >= 0.6 is 11.3 Å². The summed E-state index contributed by atoms with van der Waals surface area (Å²) in [6, 6.07) is 0.294. The Morgan fingerprint density at radius 2 is 2.23 bits per heavy atom. The number of carbonyl (C=O) groups excluding carboxylic acids is 2. The number of rotatable bonds is 3. The number of likely N-dealkylation sites (tertiary alicyclic amines) is 2. The van der Waals surface area contributed by atoms with Crippen LogP contribution in [-0.2, 0) is 11.3 Å². The van der Waals surface area contributed by atoms with E-state index in [9.17, 15) is 9.59 Å². The second-order valence-electron chi connectivity index (χ2n) is 7.05. The van der Waals surface area contributed by atoms with Gasteiger partial charge in [-0.3, -0.25) is 14.3 Å². The van der Waals surface area contributed by atoms with E-state index in [-0.39, 0.29) is 23.9 Å². The molecule has 138 valence electrons. The van der Waals surface area contributed by atoms with Gasteiger partial charge in [0.05, 0.1) is 17.6 Å². The highest BCUT2D eigenvalue weighted by Crippen LogP contribution is 2.36. The number of piperidine rings is 1. The van der Waals surface area contributed by atoms with Crippen molar-refractivity contribution in [2.45, 2.75) is 45.3 Å². The molecule has 8 nitrogen and oxygen atoms in total. The summed E-state index contributed by atoms with van der Waals surface area (Å²) in [5, 5.41) is 6.90. The van der Waals surface area contributed by atoms with Gasteiger partial charge >= 0.3 is 0 Å². The third-order valence-corrected chi connectivity index (χ3v) is 6.15. The number of carbonyl (C=O) groups is 2. The van der Waals surface area contributed by atoms with Gasteiger partial charge < -0.3 is 9.80 Å². The Balaban J connectivity index is 1.48. The van der Waals surface area contributed by atoms with E-state index in [1.807, 2.05) is 22.1 Å². The van der Waals surface area contributed by atoms with Crippen molar-refractivity contribution in [3.05, 3.63) is 28.7 Å². The largest absolute Gasteiger partial charge is 0.337 e. The van der Waals surface area contributed by atoms with Crippen molar-refractivity contribution in [2.24, 2.45) is 5.92 Å². The maximum Gasteiger partial charge on any atom is 0.273 e. The SMILES string of the molecule is CC(=O)N1[C@H](Cn2cncn2)C[C@@H]2CN(C(=O)c3csc(C)n3)CC[C@@H]21. The lowest BCUT2D eigenvalue weighted by Crippen LogP contribution is -2.50. The van der Waals surface area contributed by atoms with E-state index in [0.717, 1.165) is 17.8 Å². The van der Waals surface area contributed by atoms with Gasteiger partial charge in [0, 0.05) is 31.4 Å². The van der Waals surface area contributed by atoms with Crippen molar-refractivity contribution in [1.29, 1.82) is 0 Å². The van der Waals surface area contributed by atoms with Crippen LogP contribution in [0.15, 0.2) is 18.0 Å². The molecule has 9 heteroatoms. The molecule has 2 aliphatic rings. The Kier molecular flexibility index (Phi) is 4.47. The van der Waals surface area contributed by atoms with Crippen molar-refractivity contribution < 1.29 is 9.59 Å². The fourth-order valence-electron chi connectivity index (χ4n) is 4.36. The quantitative estimate of drug-likeness (QED) is 0.806. The van der Waals surface area contributed by atoms with Crippen LogP contribution in [-0.4, -0.2) is 66.5 Å². The zero-order valence-corrected chi connectivity index (χ0v) is 15.7. The van der Waals surface area contributed by atoms with Crippen molar-refractivity contribution in [3.63, 3.8) is 0 Å². The number of aromatic nitrogens is 4. The minimum Gasteiger partial charge on any atom is -0.337 e. The molecule has 0 radical (unpaired) electrons. The van der Waals surface area contributed by atoms with Crippen LogP contribution in [0, 0.1) is 12.8 Å². The van der Waals surface area contributed by atoms with Gasteiger partial charge in [-0.15, -0.1) is 11.3 Å². The molecule has 4 heterocycles. The Labute approximate surface area is 155 Å². The van der Waals surface area contributed by atoms with Gasteiger partial charge in [0.2, 0.25) is 5.91 Å². The van der Waals surface area contributed by atoms with Gasteiger partial charge in [-0.1, -0.05) is 0 Å². The van der Waals surface area contributed by atoms with E-state index in [0.29, 0.717) is 31.2 Å². The molecular formula is C17H22N6O2S. The Hall–Kier alpha value is -2.29. The Bertz CT molecular complexity index is 804. The number of hydrogen-bond donors (Lipinski definition) is 0. The molecule has 2 aromatic heterocycles. The molecule has 2 amide bonds. The van der Waals surface area contributed by atoms with Crippen LogP contribution in [0.4, 0.5) is 0 Å². The molecule has 2 fully saturated rings. The van der Waals surface area contributed by atoms with Gasteiger partial charge in [0.15, 0.2) is 0 Å². The minimum atomic E-state index is 0.00176. The first-order chi connectivity index (χ1) is 12.5. The van der Waals surface area contributed by atoms with E-state index in [4.69, 9.17) is 0 Å². The molecule has 2 aromatic rings. The normalized spacial score (nSPS) is 25.4. The number of amides is 2. The fourth-order valence-corrected chi connectivity index (χ4v) is 4.94. The lowest BCUT2D eigenvalue weighted by Gasteiger charge is -2.38. The predicted octanol–water partition coefficient (Wildman–Crippen LogP) is 1.19. The average Bonchev–Trinajstić information content (AvgIpc) is 3.33. The molecule has 2 saturated heterocycles. The highest BCUT2D eigenvalue weighted by molar-refractivity contribution is 7.09. The van der Waals surface area contributed by atoms with Crippen LogP contribution < -0.4 is 0 Å². The monoisotopic (exact) mass is 374 g/mol. The molecule has 4 rings (SSSR count). The number of hydrogen-bond acceptors (Lipinski definition) is 6. The first-order valence-electron chi connectivity index (χ1n) is 8.85. The van der Waals surface area contributed by atoms with Crippen molar-refractivity contribution in [1.82, 2.24) is 29.5 Å². The molecule has 0 saturated carbocycles. The summed E-state index contributed by atoms with van der Waals surface area (Å²) in [7, 11) is 0. The Morgan fingerprint density at radius 3 is 2.88 bits per heavy atom. The molecule has 0 N–H and O–H groups in total. The third-order valence-electron chi connectivity index (χ3n) is 5.37. The maximum atomic E-state index is 12.7. The average molecular weight is 374 g/mol. The van der Waals surface area contributed by atoms with Gasteiger partial charge in [0.1, 0.15) is 18.3 Å². The van der Waals surface area contributed by atoms with Gasteiger partial charge in [-0.05, 0) is 25.7 Å². The summed E-state index contributed by atoms with van der Waals surface area (Å²) < 4.78 is 1.78. The van der Waals surface area contributed by atoms with Gasteiger partial charge in [0.25, 0.3) is 5.91 Å². The van der Waals surface area contributed by atoms with Crippen LogP contribution in [0.3, 0.4) is 0 Å². The number of fused-ring (bicyclic) bond motifs is 1. The number of aryl methyl sites for hydroxylation is 1. The molecule has 2 aliphatic heterocycles. The number of thiazole rings is 1. The topological polar surface area (TPSA) is 84.2 Å². The summed E-state index contributed by atoms with van der Waals surface area (Å²) in [6.07, 6.45) is 4.88. The van der Waals surface area contributed by atoms with E-state index < -0.39 is 0 Å². The van der Waals surface area contributed by atoms with Crippen LogP contribution in [0.25, 0.3) is 0 Å². The van der Waals surface area contributed by atoms with Crippen molar-refractivity contribution in [3.8, 4) is 0 Å². The molecular weight excluding hydrogens is 352 g/mol. The second kappa shape index (κ2) is 6.79. The first-order valence-corrected chi connectivity index (χ1v) is 9.73. The third kappa shape index (κ3) is 3.11. The van der Waals surface area contributed by atoms with Crippen LogP contribution in [0.2, 0.25) is 0 Å². The molecule has 0 aromatic carbocycles. The van der Waals surface area contributed by atoms with E-state index in [1.165, 1.54) is 17.7 Å². The molecule has 0 aliphatic carbocycles. The molecule has 0 bridgehead atoms. The zero-order chi connectivity index (χ0) is 18.3. The first kappa shape index (κ1) is 17.1. The van der Waals surface area contributed by atoms with Gasteiger partial charge in [-0.2, -0.15) is 5.10 Å².